The van der Waals surface area contributed by atoms with E-state index in [2.05, 4.69) is 20.8 Å². The molecule has 0 saturated heterocycles. The Hall–Kier alpha value is 0. The van der Waals surface area contributed by atoms with E-state index in [0.29, 0.717) is 0 Å². The summed E-state index contributed by atoms with van der Waals surface area (Å²) in [6.07, 6.45) is 4.57. The second-order valence-electron chi connectivity index (χ2n) is 4.93. The lowest BCUT2D eigenvalue weighted by atomic mass is 9.68. The maximum atomic E-state index is 2.48. The number of fused-ring (bicyclic) bond motifs is 2. The van der Waals surface area contributed by atoms with Gasteiger partial charge in [-0.25, -0.2) is 0 Å². The highest BCUT2D eigenvalue weighted by molar-refractivity contribution is 4.92. The van der Waals surface area contributed by atoms with Gasteiger partial charge in [-0.15, -0.1) is 0 Å². The molecule has 2 aliphatic rings. The van der Waals surface area contributed by atoms with Crippen molar-refractivity contribution in [2.24, 2.45) is 29.6 Å². The zero-order valence-corrected chi connectivity index (χ0v) is 8.01. The summed E-state index contributed by atoms with van der Waals surface area (Å²) in [5.41, 5.74) is 0. The molecule has 0 nitrogen and oxygen atoms in total. The van der Waals surface area contributed by atoms with Crippen LogP contribution in [0.2, 0.25) is 0 Å². The molecule has 0 heterocycles. The van der Waals surface area contributed by atoms with Crippen LogP contribution in [0.3, 0.4) is 0 Å². The van der Waals surface area contributed by atoms with E-state index < -0.39 is 0 Å². The second-order valence-corrected chi connectivity index (χ2v) is 4.93. The van der Waals surface area contributed by atoms with Gasteiger partial charge in [-0.3, -0.25) is 0 Å². The van der Waals surface area contributed by atoms with Crippen LogP contribution in [0.15, 0.2) is 0 Å². The molecule has 0 aliphatic heterocycles. The van der Waals surface area contributed by atoms with Gasteiger partial charge in [0.25, 0.3) is 0 Å². The van der Waals surface area contributed by atoms with Crippen LogP contribution in [0.5, 0.6) is 0 Å². The normalized spacial score (nSPS) is 56.5. The van der Waals surface area contributed by atoms with Crippen molar-refractivity contribution in [3.8, 4) is 0 Å². The van der Waals surface area contributed by atoms with Crippen molar-refractivity contribution in [2.45, 2.75) is 40.0 Å². The van der Waals surface area contributed by atoms with Gasteiger partial charge >= 0.3 is 0 Å². The lowest BCUT2D eigenvalue weighted by molar-refractivity contribution is 0.122. The van der Waals surface area contributed by atoms with Crippen LogP contribution >= 0.6 is 0 Å². The van der Waals surface area contributed by atoms with Gasteiger partial charge in [0.05, 0.1) is 0 Å². The van der Waals surface area contributed by atoms with Gasteiger partial charge in [-0.1, -0.05) is 20.8 Å². The van der Waals surface area contributed by atoms with Gasteiger partial charge in [0.2, 0.25) is 0 Å². The highest BCUT2D eigenvalue weighted by Gasteiger charge is 2.42. The Morgan fingerprint density at radius 3 is 2.36 bits per heavy atom. The summed E-state index contributed by atoms with van der Waals surface area (Å²) >= 11 is 0. The fourth-order valence-corrected chi connectivity index (χ4v) is 3.47. The first-order valence-corrected chi connectivity index (χ1v) is 5.20. The van der Waals surface area contributed by atoms with Crippen molar-refractivity contribution in [1.82, 2.24) is 0 Å². The molecule has 0 N–H and O–H groups in total. The summed E-state index contributed by atoms with van der Waals surface area (Å²) in [5.74, 6) is 5.21. The summed E-state index contributed by atoms with van der Waals surface area (Å²) in [4.78, 5) is 0. The molecule has 5 atom stereocenters. The van der Waals surface area contributed by atoms with Crippen molar-refractivity contribution >= 4 is 0 Å². The van der Waals surface area contributed by atoms with Crippen LogP contribution in [0.4, 0.5) is 0 Å². The van der Waals surface area contributed by atoms with Crippen molar-refractivity contribution in [1.29, 1.82) is 0 Å². The standard InChI is InChI=1S/C11H20/c1-7-6-10-4-5-11(8(7)2)9(10)3/h7-11H,4-6H2,1-3H3. The lowest BCUT2D eigenvalue weighted by Gasteiger charge is -2.37. The van der Waals surface area contributed by atoms with E-state index in [1.54, 1.807) is 0 Å². The molecule has 0 heteroatoms. The highest BCUT2D eigenvalue weighted by Crippen LogP contribution is 2.51. The van der Waals surface area contributed by atoms with Crippen molar-refractivity contribution in [3.63, 3.8) is 0 Å². The number of hydrogen-bond donors (Lipinski definition) is 0. The van der Waals surface area contributed by atoms with Crippen LogP contribution in [-0.4, -0.2) is 0 Å². The summed E-state index contributed by atoms with van der Waals surface area (Å²) in [6, 6.07) is 0. The Labute approximate surface area is 70.4 Å². The van der Waals surface area contributed by atoms with Crippen LogP contribution in [-0.2, 0) is 0 Å². The van der Waals surface area contributed by atoms with Gasteiger partial charge in [-0.05, 0) is 48.9 Å². The quantitative estimate of drug-likeness (QED) is 0.499. The Balaban J connectivity index is 2.16. The van der Waals surface area contributed by atoms with Crippen LogP contribution in [0, 0.1) is 29.6 Å². The molecular weight excluding hydrogens is 132 g/mol. The molecule has 11 heavy (non-hydrogen) atoms. The minimum atomic E-state index is 1.00. The number of rotatable bonds is 0. The second kappa shape index (κ2) is 2.50. The van der Waals surface area contributed by atoms with Gasteiger partial charge in [0.15, 0.2) is 0 Å². The smallest absolute Gasteiger partial charge is 0.0357 e. The fraction of sp³-hybridized carbons (Fsp3) is 1.00. The minimum Gasteiger partial charge on any atom is -0.0622 e. The summed E-state index contributed by atoms with van der Waals surface area (Å²) in [6.45, 7) is 7.39. The highest BCUT2D eigenvalue weighted by atomic mass is 14.5. The third kappa shape index (κ3) is 1.02. The molecule has 0 aromatic carbocycles. The first-order chi connectivity index (χ1) is 5.20. The first kappa shape index (κ1) is 7.64. The zero-order valence-electron chi connectivity index (χ0n) is 8.01. The molecule has 2 fully saturated rings. The first-order valence-electron chi connectivity index (χ1n) is 5.20. The Kier molecular flexibility index (Phi) is 1.74. The third-order valence-corrected chi connectivity index (χ3v) is 4.54. The molecule has 0 amide bonds. The molecule has 2 saturated carbocycles. The molecule has 0 spiro atoms. The van der Waals surface area contributed by atoms with Crippen molar-refractivity contribution < 1.29 is 0 Å². The van der Waals surface area contributed by atoms with Gasteiger partial charge < -0.3 is 0 Å². The van der Waals surface area contributed by atoms with E-state index in [-0.39, 0.29) is 0 Å². The number of hydrogen-bond acceptors (Lipinski definition) is 0. The van der Waals surface area contributed by atoms with Crippen LogP contribution in [0.25, 0.3) is 0 Å². The van der Waals surface area contributed by atoms with E-state index in [4.69, 9.17) is 0 Å². The molecule has 0 radical (unpaired) electrons. The maximum Gasteiger partial charge on any atom is -0.0357 e. The Morgan fingerprint density at radius 2 is 1.64 bits per heavy atom. The summed E-state index contributed by atoms with van der Waals surface area (Å²) in [5, 5.41) is 0. The molecule has 5 unspecified atom stereocenters. The van der Waals surface area contributed by atoms with Crippen molar-refractivity contribution in [3.05, 3.63) is 0 Å². The molecular formula is C11H20. The molecule has 64 valence electrons. The van der Waals surface area contributed by atoms with E-state index in [9.17, 15) is 0 Å². The van der Waals surface area contributed by atoms with E-state index in [1.807, 2.05) is 0 Å². The largest absolute Gasteiger partial charge is 0.0622 e. The monoisotopic (exact) mass is 152 g/mol. The third-order valence-electron chi connectivity index (χ3n) is 4.54. The zero-order chi connectivity index (χ0) is 8.01. The van der Waals surface area contributed by atoms with Gasteiger partial charge in [0, 0.05) is 0 Å². The van der Waals surface area contributed by atoms with Crippen LogP contribution in [0.1, 0.15) is 40.0 Å². The minimum absolute atomic E-state index is 1.00. The van der Waals surface area contributed by atoms with E-state index >= 15 is 0 Å². The molecule has 2 rings (SSSR count). The molecule has 0 aromatic rings. The summed E-state index contributed by atoms with van der Waals surface area (Å²) in [7, 11) is 0. The van der Waals surface area contributed by atoms with E-state index in [1.165, 1.54) is 19.3 Å². The predicted octanol–water partition coefficient (Wildman–Crippen LogP) is 3.32. The van der Waals surface area contributed by atoms with Crippen molar-refractivity contribution in [2.75, 3.05) is 0 Å². The van der Waals surface area contributed by atoms with Gasteiger partial charge in [-0.2, -0.15) is 0 Å². The predicted molar refractivity (Wildman–Crippen MR) is 48.3 cm³/mol. The Morgan fingerprint density at radius 1 is 0.909 bits per heavy atom. The molecule has 0 aromatic heterocycles. The SMILES string of the molecule is CC1CC2CCC(C1C)C2C. The summed E-state index contributed by atoms with van der Waals surface area (Å²) < 4.78 is 0. The average Bonchev–Trinajstić information content (AvgIpc) is 2.23. The molecule has 2 bridgehead atoms. The van der Waals surface area contributed by atoms with E-state index in [0.717, 1.165) is 29.6 Å². The fourth-order valence-electron chi connectivity index (χ4n) is 3.47. The topological polar surface area (TPSA) is 0 Å². The maximum absolute atomic E-state index is 2.48. The lowest BCUT2D eigenvalue weighted by Crippen LogP contribution is -2.30. The van der Waals surface area contributed by atoms with Gasteiger partial charge in [0.1, 0.15) is 0 Å². The Bertz CT molecular complexity index is 150. The molecule has 2 aliphatic carbocycles. The van der Waals surface area contributed by atoms with Crippen LogP contribution < -0.4 is 0 Å². The average molecular weight is 152 g/mol.